The molecule has 0 spiro atoms. The normalized spacial score (nSPS) is 16.7. The number of benzene rings is 3. The van der Waals surface area contributed by atoms with Crippen LogP contribution in [0.2, 0.25) is 0 Å². The van der Waals surface area contributed by atoms with Crippen molar-refractivity contribution in [2.45, 2.75) is 26.3 Å². The molecule has 192 valence electrons. The maximum Gasteiger partial charge on any atom is 0.295 e. The highest BCUT2D eigenvalue weighted by Gasteiger charge is 2.47. The third kappa shape index (κ3) is 4.89. The number of para-hydroxylation sites is 1. The molecule has 1 heterocycles. The molecule has 0 aromatic heterocycles. The van der Waals surface area contributed by atoms with E-state index in [4.69, 9.17) is 14.2 Å². The van der Waals surface area contributed by atoms with E-state index in [1.807, 2.05) is 62.4 Å². The number of carbonyl (C=O) groups is 2. The number of aryl methyl sites for hydroxylation is 2. The number of ether oxygens (including phenoxy) is 3. The summed E-state index contributed by atoms with van der Waals surface area (Å²) in [4.78, 5) is 28.4. The Kier molecular flexibility index (Phi) is 7.53. The number of amides is 1. The molecule has 7 nitrogen and oxygen atoms in total. The van der Waals surface area contributed by atoms with Crippen LogP contribution in [0, 0.1) is 13.8 Å². The van der Waals surface area contributed by atoms with Crippen LogP contribution >= 0.6 is 0 Å². The summed E-state index contributed by atoms with van der Waals surface area (Å²) in [7, 11) is 4.65. The number of aliphatic hydroxyl groups is 1. The first-order valence-electron chi connectivity index (χ1n) is 12.0. The largest absolute Gasteiger partial charge is 0.507 e. The Morgan fingerprint density at radius 1 is 0.919 bits per heavy atom. The zero-order chi connectivity index (χ0) is 26.7. The third-order valence-corrected chi connectivity index (χ3v) is 6.65. The molecule has 37 heavy (non-hydrogen) atoms. The van der Waals surface area contributed by atoms with Gasteiger partial charge in [-0.1, -0.05) is 36.4 Å². The number of ketones is 1. The quantitative estimate of drug-likeness (QED) is 0.266. The van der Waals surface area contributed by atoms with Crippen LogP contribution in [0.15, 0.2) is 66.2 Å². The second kappa shape index (κ2) is 10.8. The van der Waals surface area contributed by atoms with E-state index in [1.165, 1.54) is 19.1 Å². The number of carbonyl (C=O) groups excluding carboxylic acids is 2. The van der Waals surface area contributed by atoms with Crippen LogP contribution in [0.1, 0.15) is 33.9 Å². The summed E-state index contributed by atoms with van der Waals surface area (Å²) in [6.45, 7) is 4.03. The van der Waals surface area contributed by atoms with E-state index in [0.29, 0.717) is 29.0 Å². The molecule has 1 saturated heterocycles. The molecule has 1 unspecified atom stereocenters. The number of aliphatic hydroxyl groups excluding tert-OH is 1. The molecule has 1 aliphatic rings. The lowest BCUT2D eigenvalue weighted by molar-refractivity contribution is -0.139. The molecule has 1 amide bonds. The van der Waals surface area contributed by atoms with Gasteiger partial charge in [-0.15, -0.1) is 0 Å². The second-order valence-electron chi connectivity index (χ2n) is 9.00. The van der Waals surface area contributed by atoms with Gasteiger partial charge in [-0.05, 0) is 61.2 Å². The number of methoxy groups -OCH3 is 3. The maximum absolute atomic E-state index is 13.5. The van der Waals surface area contributed by atoms with E-state index in [1.54, 1.807) is 19.2 Å². The van der Waals surface area contributed by atoms with E-state index < -0.39 is 17.7 Å². The smallest absolute Gasteiger partial charge is 0.295 e. The van der Waals surface area contributed by atoms with E-state index in [-0.39, 0.29) is 17.9 Å². The SMILES string of the molecule is COc1ccc(CCN2C(=O)C(=O)/C(=C(/O)c3cc(C)cc(C)c3OC)C2c2ccccc2OC)cc1. The van der Waals surface area contributed by atoms with Gasteiger partial charge in [-0.25, -0.2) is 0 Å². The van der Waals surface area contributed by atoms with Crippen LogP contribution in [0.5, 0.6) is 17.2 Å². The van der Waals surface area contributed by atoms with Gasteiger partial charge in [0.05, 0.1) is 38.5 Å². The fourth-order valence-corrected chi connectivity index (χ4v) is 4.91. The molecule has 3 aromatic rings. The highest BCUT2D eigenvalue weighted by molar-refractivity contribution is 6.46. The van der Waals surface area contributed by atoms with Crippen molar-refractivity contribution in [2.75, 3.05) is 27.9 Å². The van der Waals surface area contributed by atoms with Gasteiger partial charge in [0.2, 0.25) is 0 Å². The Bertz CT molecular complexity index is 1360. The Labute approximate surface area is 216 Å². The van der Waals surface area contributed by atoms with Crippen LogP contribution in [0.3, 0.4) is 0 Å². The summed E-state index contributed by atoms with van der Waals surface area (Å²) in [5.74, 6) is 0.0116. The molecule has 4 rings (SSSR count). The molecule has 1 fully saturated rings. The minimum Gasteiger partial charge on any atom is -0.507 e. The molecule has 1 aliphatic heterocycles. The molecule has 3 aromatic carbocycles. The van der Waals surface area contributed by atoms with Gasteiger partial charge >= 0.3 is 0 Å². The van der Waals surface area contributed by atoms with Crippen molar-refractivity contribution in [2.24, 2.45) is 0 Å². The predicted octanol–water partition coefficient (Wildman–Crippen LogP) is 4.99. The summed E-state index contributed by atoms with van der Waals surface area (Å²) in [6.07, 6.45) is 0.510. The van der Waals surface area contributed by atoms with Gasteiger partial charge in [0.1, 0.15) is 23.0 Å². The molecule has 0 bridgehead atoms. The van der Waals surface area contributed by atoms with E-state index in [9.17, 15) is 14.7 Å². The topological polar surface area (TPSA) is 85.3 Å². The van der Waals surface area contributed by atoms with Gasteiger partial charge < -0.3 is 24.2 Å². The summed E-state index contributed by atoms with van der Waals surface area (Å²) in [5.41, 5.74) is 3.68. The first-order valence-corrected chi connectivity index (χ1v) is 12.0. The molecular formula is C30H31NO6. The van der Waals surface area contributed by atoms with Gasteiger partial charge in [0.25, 0.3) is 11.7 Å². The van der Waals surface area contributed by atoms with E-state index in [0.717, 1.165) is 22.4 Å². The molecular weight excluding hydrogens is 470 g/mol. The highest BCUT2D eigenvalue weighted by atomic mass is 16.5. The van der Waals surface area contributed by atoms with Crippen molar-refractivity contribution in [3.8, 4) is 17.2 Å². The number of Topliss-reactive ketones (excluding diaryl/α,β-unsaturated/α-hetero) is 1. The lowest BCUT2D eigenvalue weighted by atomic mass is 9.93. The van der Waals surface area contributed by atoms with Crippen molar-refractivity contribution < 1.29 is 28.9 Å². The summed E-state index contributed by atoms with van der Waals surface area (Å²) < 4.78 is 16.4. The molecule has 0 aliphatic carbocycles. The number of likely N-dealkylation sites (tertiary alicyclic amines) is 1. The lowest BCUT2D eigenvalue weighted by Gasteiger charge is -2.27. The van der Waals surface area contributed by atoms with Crippen LogP contribution < -0.4 is 14.2 Å². The van der Waals surface area contributed by atoms with Gasteiger partial charge in [-0.3, -0.25) is 9.59 Å². The monoisotopic (exact) mass is 501 g/mol. The lowest BCUT2D eigenvalue weighted by Crippen LogP contribution is -2.31. The average Bonchev–Trinajstić information content (AvgIpc) is 3.16. The Hall–Kier alpha value is -4.26. The highest BCUT2D eigenvalue weighted by Crippen LogP contribution is 2.44. The summed E-state index contributed by atoms with van der Waals surface area (Å²) in [6, 6.07) is 17.6. The molecule has 0 saturated carbocycles. The number of nitrogens with zero attached hydrogens (tertiary/aromatic N) is 1. The fourth-order valence-electron chi connectivity index (χ4n) is 4.91. The average molecular weight is 502 g/mol. The van der Waals surface area contributed by atoms with Gasteiger partial charge in [0.15, 0.2) is 0 Å². The number of hydrogen-bond donors (Lipinski definition) is 1. The van der Waals surface area contributed by atoms with Crippen LogP contribution in [0.4, 0.5) is 0 Å². The van der Waals surface area contributed by atoms with Crippen molar-refractivity contribution in [3.05, 3.63) is 94.1 Å². The fraction of sp³-hybridized carbons (Fsp3) is 0.267. The number of rotatable bonds is 8. The van der Waals surface area contributed by atoms with Crippen molar-refractivity contribution in [1.82, 2.24) is 4.90 Å². The van der Waals surface area contributed by atoms with Crippen molar-refractivity contribution in [1.29, 1.82) is 0 Å². The third-order valence-electron chi connectivity index (χ3n) is 6.65. The van der Waals surface area contributed by atoms with E-state index in [2.05, 4.69) is 0 Å². The standard InChI is InChI=1S/C30H31NO6/c1-18-16-19(2)29(37-5)23(17-18)27(32)25-26(22-8-6-7-9-24(22)36-4)31(30(34)28(25)33)15-14-20-10-12-21(35-3)13-11-20/h6-13,16-17,26,32H,14-15H2,1-5H3/b27-25+. The van der Waals surface area contributed by atoms with Gasteiger partial charge in [-0.2, -0.15) is 0 Å². The van der Waals surface area contributed by atoms with Crippen LogP contribution in [-0.4, -0.2) is 49.6 Å². The summed E-state index contributed by atoms with van der Waals surface area (Å²) in [5, 5.41) is 11.6. The zero-order valence-corrected chi connectivity index (χ0v) is 21.7. The predicted molar refractivity (Wildman–Crippen MR) is 141 cm³/mol. The van der Waals surface area contributed by atoms with Crippen LogP contribution in [0.25, 0.3) is 5.76 Å². The first kappa shape index (κ1) is 25.8. The first-order chi connectivity index (χ1) is 17.8. The zero-order valence-electron chi connectivity index (χ0n) is 21.7. The summed E-state index contributed by atoms with van der Waals surface area (Å²) >= 11 is 0. The molecule has 7 heteroatoms. The minimum absolute atomic E-state index is 0.00697. The maximum atomic E-state index is 13.5. The second-order valence-corrected chi connectivity index (χ2v) is 9.00. The Morgan fingerprint density at radius 3 is 2.27 bits per heavy atom. The molecule has 1 atom stereocenters. The van der Waals surface area contributed by atoms with Crippen molar-refractivity contribution >= 4 is 17.4 Å². The number of hydrogen-bond acceptors (Lipinski definition) is 6. The Morgan fingerprint density at radius 2 is 1.62 bits per heavy atom. The van der Waals surface area contributed by atoms with Gasteiger partial charge in [0, 0.05) is 12.1 Å². The Balaban J connectivity index is 1.85. The van der Waals surface area contributed by atoms with Crippen molar-refractivity contribution in [3.63, 3.8) is 0 Å². The molecule has 1 N–H and O–H groups in total. The van der Waals surface area contributed by atoms with E-state index >= 15 is 0 Å². The molecule has 0 radical (unpaired) electrons. The van der Waals surface area contributed by atoms with Crippen LogP contribution in [-0.2, 0) is 16.0 Å². The minimum atomic E-state index is -0.833.